The van der Waals surface area contributed by atoms with E-state index in [4.69, 9.17) is 14.5 Å². The van der Waals surface area contributed by atoms with E-state index in [1.54, 1.807) is 55.5 Å². The van der Waals surface area contributed by atoms with Crippen molar-refractivity contribution >= 4 is 40.3 Å². The number of amides is 1. The molecule has 1 N–H and O–H groups in total. The molecule has 0 unspecified atom stereocenters. The molecule has 0 aromatic heterocycles. The summed E-state index contributed by atoms with van der Waals surface area (Å²) in [6.07, 6.45) is 1.78. The molecule has 0 aliphatic carbocycles. The second-order valence-corrected chi connectivity index (χ2v) is 7.59. The molecule has 0 bridgehead atoms. The van der Waals surface area contributed by atoms with Gasteiger partial charge < -0.3 is 14.6 Å². The molecule has 0 radical (unpaired) electrons. The molecule has 156 valence electrons. The number of amidine groups is 1. The Balaban J connectivity index is 1.83. The summed E-state index contributed by atoms with van der Waals surface area (Å²) >= 11 is 1.27. The van der Waals surface area contributed by atoms with Crippen molar-refractivity contribution in [2.24, 2.45) is 4.99 Å². The molecule has 3 aromatic carbocycles. The van der Waals surface area contributed by atoms with Gasteiger partial charge >= 0.3 is 0 Å². The van der Waals surface area contributed by atoms with Crippen LogP contribution in [0.4, 0.5) is 11.4 Å². The third-order valence-electron chi connectivity index (χ3n) is 4.62. The summed E-state index contributed by atoms with van der Waals surface area (Å²) in [4.78, 5) is 20.2. The van der Waals surface area contributed by atoms with E-state index in [1.165, 1.54) is 11.8 Å². The number of rotatable bonds is 5. The summed E-state index contributed by atoms with van der Waals surface area (Å²) in [5, 5.41) is 10.0. The molecule has 1 saturated heterocycles. The van der Waals surface area contributed by atoms with Crippen molar-refractivity contribution in [3.63, 3.8) is 0 Å². The normalized spacial score (nSPS) is 16.2. The van der Waals surface area contributed by atoms with E-state index < -0.39 is 0 Å². The third kappa shape index (κ3) is 4.27. The number of ether oxygens (including phenoxy) is 2. The number of phenols is 1. The minimum absolute atomic E-state index is 0.168. The number of nitrogens with zero attached hydrogens (tertiary/aromatic N) is 2. The van der Waals surface area contributed by atoms with Crippen LogP contribution in [-0.2, 0) is 4.79 Å². The van der Waals surface area contributed by atoms with Gasteiger partial charge in [-0.2, -0.15) is 0 Å². The van der Waals surface area contributed by atoms with Crippen LogP contribution in [0.25, 0.3) is 6.08 Å². The van der Waals surface area contributed by atoms with Crippen molar-refractivity contribution in [3.05, 3.63) is 83.3 Å². The Labute approximate surface area is 184 Å². The topological polar surface area (TPSA) is 71.4 Å². The summed E-state index contributed by atoms with van der Waals surface area (Å²) in [6.45, 7) is 0. The van der Waals surface area contributed by atoms with Gasteiger partial charge in [0.05, 0.1) is 24.8 Å². The van der Waals surface area contributed by atoms with E-state index in [9.17, 15) is 9.90 Å². The van der Waals surface area contributed by atoms with E-state index in [2.05, 4.69) is 0 Å². The summed E-state index contributed by atoms with van der Waals surface area (Å²) in [6, 6.07) is 21.4. The van der Waals surface area contributed by atoms with Crippen molar-refractivity contribution < 1.29 is 19.4 Å². The Kier molecular flexibility index (Phi) is 5.95. The van der Waals surface area contributed by atoms with Gasteiger partial charge in [0, 0.05) is 0 Å². The van der Waals surface area contributed by atoms with Gasteiger partial charge in [-0.1, -0.05) is 36.4 Å². The first-order chi connectivity index (χ1) is 15.1. The van der Waals surface area contributed by atoms with Gasteiger partial charge in [-0.05, 0) is 59.8 Å². The third-order valence-corrected chi connectivity index (χ3v) is 5.59. The molecule has 0 spiro atoms. The number of anilines is 1. The lowest BCUT2D eigenvalue weighted by molar-refractivity contribution is -0.113. The highest BCUT2D eigenvalue weighted by Crippen LogP contribution is 2.41. The van der Waals surface area contributed by atoms with Crippen LogP contribution in [0.5, 0.6) is 17.2 Å². The van der Waals surface area contributed by atoms with Crippen LogP contribution < -0.4 is 14.4 Å². The smallest absolute Gasteiger partial charge is 0.271 e. The van der Waals surface area contributed by atoms with Crippen LogP contribution in [-0.4, -0.2) is 30.4 Å². The summed E-state index contributed by atoms with van der Waals surface area (Å²) in [5.74, 6) is 1.13. The number of aromatic hydroxyl groups is 1. The van der Waals surface area contributed by atoms with Gasteiger partial charge in [0.25, 0.3) is 5.91 Å². The van der Waals surface area contributed by atoms with Gasteiger partial charge in [0.1, 0.15) is 22.9 Å². The number of carbonyl (C=O) groups excluding carboxylic acids is 1. The molecule has 4 rings (SSSR count). The second-order valence-electron chi connectivity index (χ2n) is 6.58. The summed E-state index contributed by atoms with van der Waals surface area (Å²) in [7, 11) is 3.15. The van der Waals surface area contributed by atoms with E-state index in [-0.39, 0.29) is 11.7 Å². The number of benzene rings is 3. The highest BCUT2D eigenvalue weighted by molar-refractivity contribution is 8.19. The highest BCUT2D eigenvalue weighted by Gasteiger charge is 2.36. The standard InChI is InChI=1S/C24H20N2O4S/c1-29-20-9-5-3-7-18(20)25-24-26(19-8-4-6-10-21(19)30-2)23(28)22(31-24)15-16-11-13-17(27)14-12-16/h3-15,27H,1-2H3/b22-15-,25-24?. The SMILES string of the molecule is COc1ccccc1N=C1S/C(=C\c2ccc(O)cc2)C(=O)N1c1ccccc1OC. The summed E-state index contributed by atoms with van der Waals surface area (Å²) < 4.78 is 10.9. The first kappa shape index (κ1) is 20.6. The van der Waals surface area contributed by atoms with Gasteiger partial charge in [-0.25, -0.2) is 4.99 Å². The van der Waals surface area contributed by atoms with Crippen LogP contribution in [0.3, 0.4) is 0 Å². The number of hydrogen-bond donors (Lipinski definition) is 1. The fourth-order valence-electron chi connectivity index (χ4n) is 3.12. The quantitative estimate of drug-likeness (QED) is 0.560. The lowest BCUT2D eigenvalue weighted by Gasteiger charge is -2.18. The second kappa shape index (κ2) is 8.97. The Morgan fingerprint density at radius 3 is 2.26 bits per heavy atom. The molecule has 0 atom stereocenters. The molecular weight excluding hydrogens is 412 g/mol. The molecular formula is C24H20N2O4S. The Morgan fingerprint density at radius 1 is 0.903 bits per heavy atom. The molecule has 1 aliphatic rings. The highest BCUT2D eigenvalue weighted by atomic mass is 32.2. The largest absolute Gasteiger partial charge is 0.508 e. The lowest BCUT2D eigenvalue weighted by Crippen LogP contribution is -2.29. The molecule has 1 fully saturated rings. The zero-order valence-corrected chi connectivity index (χ0v) is 17.8. The van der Waals surface area contributed by atoms with Crippen LogP contribution in [0.1, 0.15) is 5.56 Å². The summed E-state index contributed by atoms with van der Waals surface area (Å²) in [5.41, 5.74) is 2.02. The zero-order valence-electron chi connectivity index (χ0n) is 17.0. The number of para-hydroxylation sites is 4. The van der Waals surface area contributed by atoms with Crippen molar-refractivity contribution in [1.29, 1.82) is 0 Å². The molecule has 31 heavy (non-hydrogen) atoms. The van der Waals surface area contributed by atoms with E-state index in [0.29, 0.717) is 32.9 Å². The maximum absolute atomic E-state index is 13.4. The average molecular weight is 433 g/mol. The van der Waals surface area contributed by atoms with Gasteiger partial charge in [-0.15, -0.1) is 0 Å². The monoisotopic (exact) mass is 432 g/mol. The molecule has 3 aromatic rings. The maximum Gasteiger partial charge on any atom is 0.271 e. The fourth-order valence-corrected chi connectivity index (χ4v) is 4.11. The first-order valence-electron chi connectivity index (χ1n) is 9.48. The van der Waals surface area contributed by atoms with Gasteiger partial charge in [0.2, 0.25) is 0 Å². The number of thioether (sulfide) groups is 1. The molecule has 0 saturated carbocycles. The van der Waals surface area contributed by atoms with Crippen LogP contribution in [0.2, 0.25) is 0 Å². The van der Waals surface area contributed by atoms with Crippen LogP contribution >= 0.6 is 11.8 Å². The van der Waals surface area contributed by atoms with Crippen LogP contribution in [0.15, 0.2) is 82.7 Å². The van der Waals surface area contributed by atoms with Crippen molar-refractivity contribution in [3.8, 4) is 17.2 Å². The molecule has 1 heterocycles. The Bertz CT molecular complexity index is 1170. The Hall–Kier alpha value is -3.71. The van der Waals surface area contributed by atoms with Crippen molar-refractivity contribution in [2.75, 3.05) is 19.1 Å². The number of hydrogen-bond acceptors (Lipinski definition) is 6. The zero-order chi connectivity index (χ0) is 21.8. The van der Waals surface area contributed by atoms with Gasteiger partial charge in [0.15, 0.2) is 5.17 Å². The predicted molar refractivity (Wildman–Crippen MR) is 124 cm³/mol. The molecule has 6 nitrogen and oxygen atoms in total. The number of phenolic OH excluding ortho intramolecular Hbond substituents is 1. The minimum Gasteiger partial charge on any atom is -0.508 e. The van der Waals surface area contributed by atoms with Crippen molar-refractivity contribution in [1.82, 2.24) is 0 Å². The van der Waals surface area contributed by atoms with Crippen molar-refractivity contribution in [2.45, 2.75) is 0 Å². The predicted octanol–water partition coefficient (Wildman–Crippen LogP) is 5.22. The maximum atomic E-state index is 13.4. The van der Waals surface area contributed by atoms with Crippen LogP contribution in [0, 0.1) is 0 Å². The first-order valence-corrected chi connectivity index (χ1v) is 10.3. The average Bonchev–Trinajstić information content (AvgIpc) is 3.10. The molecule has 1 aliphatic heterocycles. The van der Waals surface area contributed by atoms with Gasteiger partial charge in [-0.3, -0.25) is 9.69 Å². The number of carbonyl (C=O) groups is 1. The number of aliphatic imine (C=N–C) groups is 1. The van der Waals surface area contributed by atoms with E-state index in [1.807, 2.05) is 42.5 Å². The minimum atomic E-state index is -0.212. The number of methoxy groups -OCH3 is 2. The van der Waals surface area contributed by atoms with E-state index >= 15 is 0 Å². The molecule has 1 amide bonds. The Morgan fingerprint density at radius 2 is 1.55 bits per heavy atom. The fraction of sp³-hybridized carbons (Fsp3) is 0.0833. The lowest BCUT2D eigenvalue weighted by atomic mass is 10.2. The molecule has 7 heteroatoms. The van der Waals surface area contributed by atoms with E-state index in [0.717, 1.165) is 5.56 Å².